The molecule has 1 amide bonds. The second kappa shape index (κ2) is 8.20. The minimum absolute atomic E-state index is 0.238. The predicted octanol–water partition coefficient (Wildman–Crippen LogP) is 3.78. The zero-order chi connectivity index (χ0) is 23.2. The highest BCUT2D eigenvalue weighted by atomic mass is 16.5. The quantitative estimate of drug-likeness (QED) is 0.475. The van der Waals surface area contributed by atoms with E-state index in [1.54, 1.807) is 17.9 Å². The number of carbonyl (C=O) groups is 1. The molecule has 8 heteroatoms. The first-order valence-electron chi connectivity index (χ1n) is 11.7. The van der Waals surface area contributed by atoms with Crippen molar-refractivity contribution in [2.24, 2.45) is 11.8 Å². The minimum Gasteiger partial charge on any atom is -0.496 e. The maximum atomic E-state index is 12.7. The van der Waals surface area contributed by atoms with Crippen LogP contribution in [0.25, 0.3) is 27.8 Å². The SMILES string of the molecule is COc1cc(-n2c(CC3CCN(C(=O)C4CC4)C3)n[nH]c2=O)ccc1-c1ccc2occc2c1. The summed E-state index contributed by atoms with van der Waals surface area (Å²) in [7, 11) is 1.63. The molecule has 2 aromatic heterocycles. The number of fused-ring (bicyclic) bond motifs is 1. The molecule has 1 atom stereocenters. The topological polar surface area (TPSA) is 93.4 Å². The summed E-state index contributed by atoms with van der Waals surface area (Å²) in [4.78, 5) is 27.1. The van der Waals surface area contributed by atoms with Gasteiger partial charge in [0.2, 0.25) is 5.91 Å². The van der Waals surface area contributed by atoms with Gasteiger partial charge < -0.3 is 14.1 Å². The van der Waals surface area contributed by atoms with Crippen LogP contribution in [-0.2, 0) is 11.2 Å². The number of furan rings is 1. The number of aromatic amines is 1. The number of hydrogen-bond donors (Lipinski definition) is 1. The molecule has 1 unspecified atom stereocenters. The number of nitrogens with zero attached hydrogens (tertiary/aromatic N) is 3. The van der Waals surface area contributed by atoms with Crippen molar-refractivity contribution in [2.45, 2.75) is 25.7 Å². The number of ether oxygens (including phenoxy) is 1. The molecule has 8 nitrogen and oxygen atoms in total. The summed E-state index contributed by atoms with van der Waals surface area (Å²) in [5.74, 6) is 2.16. The van der Waals surface area contributed by atoms with Gasteiger partial charge in [0.25, 0.3) is 0 Å². The number of carbonyl (C=O) groups excluding carboxylic acids is 1. The largest absolute Gasteiger partial charge is 0.496 e. The molecule has 1 aliphatic heterocycles. The average Bonchev–Trinajstić information content (AvgIpc) is 3.24. The van der Waals surface area contributed by atoms with Gasteiger partial charge in [-0.05, 0) is 61.1 Å². The highest BCUT2D eigenvalue weighted by Crippen LogP contribution is 2.35. The van der Waals surface area contributed by atoms with E-state index in [2.05, 4.69) is 16.3 Å². The molecule has 1 saturated heterocycles. The molecule has 34 heavy (non-hydrogen) atoms. The third kappa shape index (κ3) is 3.69. The predicted molar refractivity (Wildman–Crippen MR) is 127 cm³/mol. The fourth-order valence-corrected chi connectivity index (χ4v) is 4.97. The zero-order valence-electron chi connectivity index (χ0n) is 19.0. The number of methoxy groups -OCH3 is 1. The summed E-state index contributed by atoms with van der Waals surface area (Å²) >= 11 is 0. The van der Waals surface area contributed by atoms with Gasteiger partial charge in [0, 0.05) is 42.4 Å². The molecule has 3 heterocycles. The second-order valence-electron chi connectivity index (χ2n) is 9.26. The van der Waals surface area contributed by atoms with Crippen LogP contribution in [0.15, 0.2) is 57.9 Å². The lowest BCUT2D eigenvalue weighted by molar-refractivity contribution is -0.131. The standard InChI is InChI=1S/C26H26N4O4/c1-33-23-14-20(5-6-21(23)18-4-7-22-19(13-18)9-11-34-22)30-24(27-28-26(30)32)12-16-8-10-29(15-16)25(31)17-2-3-17/h4-7,9,11,13-14,16-17H,2-3,8,10,12,15H2,1H3,(H,28,32). The number of aromatic nitrogens is 3. The molecular weight excluding hydrogens is 432 g/mol. The van der Waals surface area contributed by atoms with Crippen molar-refractivity contribution < 1.29 is 13.9 Å². The van der Waals surface area contributed by atoms with E-state index in [1.165, 1.54) is 0 Å². The van der Waals surface area contributed by atoms with Gasteiger partial charge in [-0.1, -0.05) is 6.07 Å². The minimum atomic E-state index is -0.284. The Morgan fingerprint density at radius 3 is 2.88 bits per heavy atom. The second-order valence-corrected chi connectivity index (χ2v) is 9.26. The Hall–Kier alpha value is -3.81. The number of H-pyrrole nitrogens is 1. The van der Waals surface area contributed by atoms with Crippen molar-refractivity contribution in [3.05, 3.63) is 65.0 Å². The third-order valence-corrected chi connectivity index (χ3v) is 6.94. The summed E-state index contributed by atoms with van der Waals surface area (Å²) in [6.07, 6.45) is 5.28. The molecule has 4 aromatic rings. The summed E-state index contributed by atoms with van der Waals surface area (Å²) < 4.78 is 12.8. The first-order chi connectivity index (χ1) is 16.6. The van der Waals surface area contributed by atoms with E-state index in [9.17, 15) is 9.59 Å². The summed E-state index contributed by atoms with van der Waals surface area (Å²) in [5, 5.41) is 7.92. The van der Waals surface area contributed by atoms with Crippen LogP contribution in [0.4, 0.5) is 0 Å². The maximum Gasteiger partial charge on any atom is 0.347 e. The molecule has 0 radical (unpaired) electrons. The van der Waals surface area contributed by atoms with E-state index in [0.29, 0.717) is 29.6 Å². The Labute approximate surface area is 196 Å². The van der Waals surface area contributed by atoms with E-state index in [0.717, 1.165) is 54.4 Å². The molecule has 2 aliphatic rings. The Kier molecular flexibility index (Phi) is 5.01. The smallest absolute Gasteiger partial charge is 0.347 e. The Morgan fingerprint density at radius 1 is 1.18 bits per heavy atom. The van der Waals surface area contributed by atoms with Gasteiger partial charge in [-0.3, -0.25) is 4.79 Å². The lowest BCUT2D eigenvalue weighted by Crippen LogP contribution is -2.30. The summed E-state index contributed by atoms with van der Waals surface area (Å²) in [6, 6.07) is 13.7. The van der Waals surface area contributed by atoms with E-state index >= 15 is 0 Å². The van der Waals surface area contributed by atoms with Crippen LogP contribution in [0.2, 0.25) is 0 Å². The van der Waals surface area contributed by atoms with Crippen LogP contribution in [0.5, 0.6) is 5.75 Å². The lowest BCUT2D eigenvalue weighted by atomic mass is 10.0. The Morgan fingerprint density at radius 2 is 2.06 bits per heavy atom. The summed E-state index contributed by atoms with van der Waals surface area (Å²) in [5.41, 5.74) is 3.18. The van der Waals surface area contributed by atoms with E-state index < -0.39 is 0 Å². The zero-order valence-corrected chi connectivity index (χ0v) is 19.0. The normalized spacial score (nSPS) is 18.0. The van der Waals surface area contributed by atoms with Crippen molar-refractivity contribution in [3.63, 3.8) is 0 Å². The lowest BCUT2D eigenvalue weighted by Gasteiger charge is -2.16. The number of likely N-dealkylation sites (tertiary alicyclic amines) is 1. The molecule has 2 fully saturated rings. The molecule has 1 N–H and O–H groups in total. The number of hydrogen-bond acceptors (Lipinski definition) is 5. The fourth-order valence-electron chi connectivity index (χ4n) is 4.97. The van der Waals surface area contributed by atoms with Crippen LogP contribution < -0.4 is 10.4 Å². The number of amides is 1. The van der Waals surface area contributed by atoms with Gasteiger partial charge in [-0.15, -0.1) is 0 Å². The molecular formula is C26H26N4O4. The van der Waals surface area contributed by atoms with E-state index in [1.807, 2.05) is 41.3 Å². The Bertz CT molecular complexity index is 1430. The molecule has 2 aromatic carbocycles. The van der Waals surface area contributed by atoms with Crippen molar-refractivity contribution in [1.82, 2.24) is 19.7 Å². The molecule has 6 rings (SSSR count). The fraction of sp³-hybridized carbons (Fsp3) is 0.346. The van der Waals surface area contributed by atoms with Gasteiger partial charge in [0.15, 0.2) is 0 Å². The van der Waals surface area contributed by atoms with Crippen LogP contribution in [0.3, 0.4) is 0 Å². The van der Waals surface area contributed by atoms with E-state index in [-0.39, 0.29) is 17.5 Å². The number of benzene rings is 2. The van der Waals surface area contributed by atoms with Crippen molar-refractivity contribution in [3.8, 4) is 22.6 Å². The van der Waals surface area contributed by atoms with E-state index in [4.69, 9.17) is 9.15 Å². The van der Waals surface area contributed by atoms with Gasteiger partial charge in [-0.2, -0.15) is 5.10 Å². The molecule has 1 saturated carbocycles. The van der Waals surface area contributed by atoms with Crippen LogP contribution in [0, 0.1) is 11.8 Å². The summed E-state index contributed by atoms with van der Waals surface area (Å²) in [6.45, 7) is 1.52. The number of nitrogens with one attached hydrogen (secondary N) is 1. The first-order valence-corrected chi connectivity index (χ1v) is 11.7. The highest BCUT2D eigenvalue weighted by Gasteiger charge is 2.37. The molecule has 0 bridgehead atoms. The van der Waals surface area contributed by atoms with Crippen molar-refractivity contribution in [1.29, 1.82) is 0 Å². The van der Waals surface area contributed by atoms with Gasteiger partial charge >= 0.3 is 5.69 Å². The van der Waals surface area contributed by atoms with Crippen LogP contribution in [-0.4, -0.2) is 45.8 Å². The molecule has 174 valence electrons. The van der Waals surface area contributed by atoms with Crippen LogP contribution >= 0.6 is 0 Å². The number of rotatable bonds is 6. The molecule has 0 spiro atoms. The average molecular weight is 459 g/mol. The maximum absolute atomic E-state index is 12.7. The van der Waals surface area contributed by atoms with Gasteiger partial charge in [-0.25, -0.2) is 14.5 Å². The first kappa shape index (κ1) is 20.8. The van der Waals surface area contributed by atoms with Crippen molar-refractivity contribution >= 4 is 16.9 Å². The molecule has 1 aliphatic carbocycles. The van der Waals surface area contributed by atoms with Gasteiger partial charge in [0.05, 0.1) is 19.1 Å². The third-order valence-electron chi connectivity index (χ3n) is 6.94. The van der Waals surface area contributed by atoms with Gasteiger partial charge in [0.1, 0.15) is 17.2 Å². The highest BCUT2D eigenvalue weighted by molar-refractivity contribution is 5.85. The van der Waals surface area contributed by atoms with Crippen molar-refractivity contribution in [2.75, 3.05) is 20.2 Å². The van der Waals surface area contributed by atoms with Crippen LogP contribution in [0.1, 0.15) is 25.1 Å². The Balaban J connectivity index is 1.28. The monoisotopic (exact) mass is 458 g/mol.